The summed E-state index contributed by atoms with van der Waals surface area (Å²) in [5.74, 6) is 2.49. The Balaban J connectivity index is 1.01. The van der Waals surface area contributed by atoms with Gasteiger partial charge in [0, 0.05) is 49.1 Å². The number of nitrogens with zero attached hydrogens (tertiary/aromatic N) is 5. The van der Waals surface area contributed by atoms with Crippen LogP contribution in [-0.2, 0) is 4.79 Å². The van der Waals surface area contributed by atoms with Crippen LogP contribution in [0.2, 0.25) is 0 Å². The number of halogens is 1. The van der Waals surface area contributed by atoms with Crippen LogP contribution in [0.25, 0.3) is 0 Å². The first-order valence-corrected chi connectivity index (χ1v) is 17.9. The Hall–Kier alpha value is -3.27. The van der Waals surface area contributed by atoms with Crippen LogP contribution in [0.4, 0.5) is 10.2 Å². The van der Waals surface area contributed by atoms with E-state index < -0.39 is 5.82 Å². The maximum atomic E-state index is 14.3. The number of carbonyl (C=O) groups excluding carboxylic acids is 2. The summed E-state index contributed by atoms with van der Waals surface area (Å²) >= 11 is 0. The largest absolute Gasteiger partial charge is 0.451 e. The molecule has 0 bridgehead atoms. The maximum Gasteiger partial charge on any atom is 0.257 e. The highest BCUT2D eigenvalue weighted by atomic mass is 19.1. The molecular formula is C37H53FN6O3. The predicted molar refractivity (Wildman–Crippen MR) is 181 cm³/mol. The second-order valence-corrected chi connectivity index (χ2v) is 15.5. The fraction of sp³-hybridized carbons (Fsp3) is 0.676. The zero-order valence-corrected chi connectivity index (χ0v) is 28.9. The summed E-state index contributed by atoms with van der Waals surface area (Å²) in [6.07, 6.45) is 12.2. The first-order chi connectivity index (χ1) is 22.5. The van der Waals surface area contributed by atoms with E-state index in [1.165, 1.54) is 37.4 Å². The number of rotatable bonds is 10. The molecule has 47 heavy (non-hydrogen) atoms. The van der Waals surface area contributed by atoms with Gasteiger partial charge in [0.2, 0.25) is 5.91 Å². The molecule has 256 valence electrons. The summed E-state index contributed by atoms with van der Waals surface area (Å²) in [7, 11) is 0. The van der Waals surface area contributed by atoms with Crippen LogP contribution in [0.1, 0.15) is 96.3 Å². The number of aromatic nitrogens is 2. The molecule has 6 rings (SSSR count). The first-order valence-electron chi connectivity index (χ1n) is 17.9. The second-order valence-electron chi connectivity index (χ2n) is 15.5. The molecule has 3 aliphatic heterocycles. The quantitative estimate of drug-likeness (QED) is 0.324. The molecular weight excluding hydrogens is 595 g/mol. The van der Waals surface area contributed by atoms with Crippen LogP contribution < -0.4 is 15.0 Å². The van der Waals surface area contributed by atoms with E-state index in [9.17, 15) is 14.0 Å². The van der Waals surface area contributed by atoms with Gasteiger partial charge in [0.25, 0.3) is 5.91 Å². The van der Waals surface area contributed by atoms with Gasteiger partial charge < -0.3 is 24.8 Å². The molecule has 1 atom stereocenters. The third kappa shape index (κ3) is 7.27. The van der Waals surface area contributed by atoms with Gasteiger partial charge in [0.1, 0.15) is 17.9 Å². The first kappa shape index (κ1) is 33.6. The Morgan fingerprint density at radius 1 is 1.11 bits per heavy atom. The third-order valence-corrected chi connectivity index (χ3v) is 11.3. The van der Waals surface area contributed by atoms with Crippen molar-refractivity contribution < 1.29 is 18.7 Å². The Labute approximate surface area is 279 Å². The highest BCUT2D eigenvalue weighted by Gasteiger charge is 2.48. The Kier molecular flexibility index (Phi) is 9.79. The number of nitrogens with one attached hydrogen (secondary N) is 1. The predicted octanol–water partition coefficient (Wildman–Crippen LogP) is 6.29. The minimum absolute atomic E-state index is 0.0265. The van der Waals surface area contributed by atoms with Gasteiger partial charge in [-0.05, 0) is 115 Å². The molecule has 2 spiro atoms. The van der Waals surface area contributed by atoms with Gasteiger partial charge in [-0.15, -0.1) is 0 Å². The SMILES string of the molecule is CCN(C(=O)c1cc(F)ccc1Oc1cncnc1N1CC2(CCN(CC3CCC4(CC3)CC(CC(C)C)C(=O)N4)CC2)C1)C(C)C. The van der Waals surface area contributed by atoms with Crippen LogP contribution in [-0.4, -0.2) is 82.4 Å². The van der Waals surface area contributed by atoms with Gasteiger partial charge in [-0.25, -0.2) is 14.4 Å². The van der Waals surface area contributed by atoms with Crippen molar-refractivity contribution in [3.8, 4) is 11.5 Å². The summed E-state index contributed by atoms with van der Waals surface area (Å²) < 4.78 is 20.6. The van der Waals surface area contributed by atoms with E-state index in [1.54, 1.807) is 11.1 Å². The van der Waals surface area contributed by atoms with E-state index in [0.29, 0.717) is 35.7 Å². The average molecular weight is 649 g/mol. The third-order valence-electron chi connectivity index (χ3n) is 11.3. The molecule has 1 unspecified atom stereocenters. The number of carbonyl (C=O) groups is 2. The van der Waals surface area contributed by atoms with Crippen molar-refractivity contribution in [3.63, 3.8) is 0 Å². The molecule has 4 aliphatic rings. The van der Waals surface area contributed by atoms with Gasteiger partial charge in [-0.3, -0.25) is 9.59 Å². The summed E-state index contributed by atoms with van der Waals surface area (Å²) in [5.41, 5.74) is 0.514. The van der Waals surface area contributed by atoms with Crippen molar-refractivity contribution in [1.82, 2.24) is 25.1 Å². The van der Waals surface area contributed by atoms with E-state index >= 15 is 0 Å². The number of hydrogen-bond acceptors (Lipinski definition) is 7. The van der Waals surface area contributed by atoms with Crippen molar-refractivity contribution >= 4 is 17.6 Å². The molecule has 2 aromatic rings. The van der Waals surface area contributed by atoms with Crippen LogP contribution in [0.15, 0.2) is 30.7 Å². The van der Waals surface area contributed by atoms with Crippen LogP contribution >= 0.6 is 0 Å². The number of amides is 2. The molecule has 0 radical (unpaired) electrons. The van der Waals surface area contributed by atoms with E-state index in [4.69, 9.17) is 4.74 Å². The van der Waals surface area contributed by atoms with Crippen LogP contribution in [0.5, 0.6) is 11.5 Å². The van der Waals surface area contributed by atoms with Crippen molar-refractivity contribution in [2.24, 2.45) is 23.2 Å². The van der Waals surface area contributed by atoms with E-state index in [-0.39, 0.29) is 40.3 Å². The van der Waals surface area contributed by atoms with Crippen molar-refractivity contribution in [3.05, 3.63) is 42.1 Å². The fourth-order valence-electron chi connectivity index (χ4n) is 8.68. The van der Waals surface area contributed by atoms with Gasteiger partial charge >= 0.3 is 0 Å². The molecule has 1 aromatic heterocycles. The Bertz CT molecular complexity index is 1420. The Morgan fingerprint density at radius 2 is 1.83 bits per heavy atom. The highest BCUT2D eigenvalue weighted by Crippen LogP contribution is 2.46. The highest BCUT2D eigenvalue weighted by molar-refractivity contribution is 5.97. The lowest BCUT2D eigenvalue weighted by molar-refractivity contribution is -0.123. The lowest BCUT2D eigenvalue weighted by Crippen LogP contribution is -2.61. The lowest BCUT2D eigenvalue weighted by atomic mass is 9.71. The topological polar surface area (TPSA) is 90.9 Å². The van der Waals surface area contributed by atoms with E-state index in [2.05, 4.69) is 38.9 Å². The summed E-state index contributed by atoms with van der Waals surface area (Å²) in [6.45, 7) is 15.9. The van der Waals surface area contributed by atoms with Crippen molar-refractivity contribution in [1.29, 1.82) is 0 Å². The molecule has 2 amide bonds. The molecule has 10 heteroatoms. The number of benzene rings is 1. The minimum Gasteiger partial charge on any atom is -0.451 e. The van der Waals surface area contributed by atoms with Gasteiger partial charge in [0.05, 0.1) is 11.8 Å². The molecule has 1 N–H and O–H groups in total. The van der Waals surface area contributed by atoms with E-state index in [1.807, 2.05) is 20.8 Å². The van der Waals surface area contributed by atoms with Gasteiger partial charge in [-0.1, -0.05) is 13.8 Å². The van der Waals surface area contributed by atoms with Crippen molar-refractivity contribution in [2.75, 3.05) is 44.2 Å². The average Bonchev–Trinajstić information content (AvgIpc) is 3.32. The second kappa shape index (κ2) is 13.7. The lowest BCUT2D eigenvalue weighted by Gasteiger charge is -2.55. The molecule has 4 heterocycles. The summed E-state index contributed by atoms with van der Waals surface area (Å²) in [6, 6.07) is 4.05. The number of hydrogen-bond donors (Lipinski definition) is 1. The number of ether oxygens (including phenoxy) is 1. The number of anilines is 1. The standard InChI is InChI=1S/C37H53FN6O3/c1-6-44(26(4)5)35(46)30-18-29(38)7-8-31(30)47-32-20-39-24-40-33(32)43-22-36(23-43)13-15-42(16-14-36)21-27-9-11-37(12-10-27)19-28(17-25(2)3)34(45)41-37/h7-8,18,20,24-28H,6,9-17,19,21-23H2,1-5H3,(H,41,45). The molecule has 9 nitrogen and oxygen atoms in total. The van der Waals surface area contributed by atoms with Crippen LogP contribution in [0.3, 0.4) is 0 Å². The zero-order valence-electron chi connectivity index (χ0n) is 28.9. The number of piperidine rings is 1. The molecule has 1 saturated carbocycles. The Morgan fingerprint density at radius 3 is 2.49 bits per heavy atom. The molecule has 3 saturated heterocycles. The fourth-order valence-corrected chi connectivity index (χ4v) is 8.68. The summed E-state index contributed by atoms with van der Waals surface area (Å²) in [5, 5.41) is 3.42. The maximum absolute atomic E-state index is 14.3. The molecule has 4 fully saturated rings. The molecule has 1 aromatic carbocycles. The van der Waals surface area contributed by atoms with E-state index in [0.717, 1.165) is 71.2 Å². The van der Waals surface area contributed by atoms with Crippen molar-refractivity contribution in [2.45, 2.75) is 97.6 Å². The van der Waals surface area contributed by atoms with Gasteiger partial charge in [0.15, 0.2) is 11.6 Å². The van der Waals surface area contributed by atoms with Crippen LogP contribution in [0, 0.1) is 29.0 Å². The number of likely N-dealkylation sites (tertiary alicyclic amines) is 1. The summed E-state index contributed by atoms with van der Waals surface area (Å²) in [4.78, 5) is 41.4. The molecule has 1 aliphatic carbocycles. The smallest absolute Gasteiger partial charge is 0.257 e. The van der Waals surface area contributed by atoms with Gasteiger partial charge in [-0.2, -0.15) is 0 Å². The normalized spacial score (nSPS) is 25.8. The monoisotopic (exact) mass is 648 g/mol. The minimum atomic E-state index is -0.481. The zero-order chi connectivity index (χ0) is 33.3.